The van der Waals surface area contributed by atoms with Crippen LogP contribution in [0.3, 0.4) is 0 Å². The van der Waals surface area contributed by atoms with Crippen LogP contribution < -0.4 is 10.6 Å². The zero-order valence-corrected chi connectivity index (χ0v) is 16.5. The molecule has 1 aromatic heterocycles. The number of hydrogen-bond donors (Lipinski definition) is 2. The van der Waals surface area contributed by atoms with Crippen molar-refractivity contribution in [1.82, 2.24) is 10.3 Å². The van der Waals surface area contributed by atoms with Crippen molar-refractivity contribution >= 4 is 11.6 Å². The molecule has 4 aromatic rings. The Kier molecular flexibility index (Phi) is 5.97. The van der Waals surface area contributed by atoms with Crippen molar-refractivity contribution in [1.29, 1.82) is 0 Å². The van der Waals surface area contributed by atoms with E-state index in [1.807, 2.05) is 109 Å². The van der Waals surface area contributed by atoms with E-state index in [2.05, 4.69) is 15.6 Å². The van der Waals surface area contributed by atoms with Crippen LogP contribution in [0.15, 0.2) is 115 Å². The van der Waals surface area contributed by atoms with Crippen LogP contribution >= 0.6 is 0 Å². The largest absolute Gasteiger partial charge is 0.342 e. The average molecular weight is 393 g/mol. The van der Waals surface area contributed by atoms with Gasteiger partial charge in [0.2, 0.25) is 5.78 Å². The molecule has 0 aliphatic carbocycles. The van der Waals surface area contributed by atoms with Gasteiger partial charge in [-0.25, -0.2) is 4.98 Å². The summed E-state index contributed by atoms with van der Waals surface area (Å²) in [6.45, 7) is 0.508. The van der Waals surface area contributed by atoms with Gasteiger partial charge in [-0.3, -0.25) is 10.1 Å². The number of hydrogen-bond acceptors (Lipinski definition) is 4. The van der Waals surface area contributed by atoms with Crippen molar-refractivity contribution in [3.63, 3.8) is 0 Å². The van der Waals surface area contributed by atoms with Gasteiger partial charge in [0.1, 0.15) is 5.82 Å². The van der Waals surface area contributed by atoms with Crippen molar-refractivity contribution in [2.45, 2.75) is 12.2 Å². The van der Waals surface area contributed by atoms with Gasteiger partial charge in [0.25, 0.3) is 0 Å². The second-order valence-electron chi connectivity index (χ2n) is 6.99. The van der Waals surface area contributed by atoms with Gasteiger partial charge in [-0.15, -0.1) is 0 Å². The molecule has 0 bridgehead atoms. The summed E-state index contributed by atoms with van der Waals surface area (Å²) in [6.07, 6.45) is 1.71. The lowest BCUT2D eigenvalue weighted by atomic mass is 9.89. The molecule has 4 rings (SSSR count). The highest BCUT2D eigenvalue weighted by atomic mass is 16.1. The molecule has 0 unspecified atom stereocenters. The fourth-order valence-corrected chi connectivity index (χ4v) is 3.44. The molecular weight excluding hydrogens is 370 g/mol. The molecule has 30 heavy (non-hydrogen) atoms. The topological polar surface area (TPSA) is 54.0 Å². The van der Waals surface area contributed by atoms with Crippen LogP contribution in [0.2, 0.25) is 0 Å². The third-order valence-electron chi connectivity index (χ3n) is 4.96. The summed E-state index contributed by atoms with van der Waals surface area (Å²) in [5.74, 6) is 0.544. The second-order valence-corrected chi connectivity index (χ2v) is 6.99. The van der Waals surface area contributed by atoms with Gasteiger partial charge in [0.15, 0.2) is 5.66 Å². The van der Waals surface area contributed by atoms with Crippen molar-refractivity contribution in [2.24, 2.45) is 0 Å². The Morgan fingerprint density at radius 2 is 1.33 bits per heavy atom. The van der Waals surface area contributed by atoms with E-state index in [0.717, 1.165) is 11.1 Å². The van der Waals surface area contributed by atoms with Crippen LogP contribution in [0.25, 0.3) is 0 Å². The summed E-state index contributed by atoms with van der Waals surface area (Å²) in [4.78, 5) is 18.4. The Bertz CT molecular complexity index is 1070. The lowest BCUT2D eigenvalue weighted by Crippen LogP contribution is -2.55. The molecule has 4 heteroatoms. The Morgan fingerprint density at radius 3 is 1.97 bits per heavy atom. The van der Waals surface area contributed by atoms with Crippen molar-refractivity contribution in [3.05, 3.63) is 132 Å². The summed E-state index contributed by atoms with van der Waals surface area (Å²) in [7, 11) is 0. The first kappa shape index (κ1) is 19.6. The molecule has 148 valence electrons. The van der Waals surface area contributed by atoms with E-state index in [-0.39, 0.29) is 5.78 Å². The Hall–Kier alpha value is -3.76. The van der Waals surface area contributed by atoms with Gasteiger partial charge >= 0.3 is 0 Å². The van der Waals surface area contributed by atoms with E-state index in [1.165, 1.54) is 0 Å². The molecule has 0 aliphatic rings. The van der Waals surface area contributed by atoms with Crippen LogP contribution in [0.4, 0.5) is 5.82 Å². The molecule has 1 heterocycles. The fraction of sp³-hybridized carbons (Fsp3) is 0.0769. The molecule has 3 aromatic carbocycles. The number of Topliss-reactive ketones (excluding diaryl/α,β-unsaturated/α-hetero) is 1. The maximum atomic E-state index is 13.9. The number of carbonyl (C=O) groups is 1. The number of nitrogens with one attached hydrogen (secondary N) is 2. The highest BCUT2D eigenvalue weighted by molar-refractivity contribution is 6.05. The number of aromatic nitrogens is 1. The van der Waals surface area contributed by atoms with Crippen LogP contribution in [-0.4, -0.2) is 10.8 Å². The van der Waals surface area contributed by atoms with E-state index < -0.39 is 5.66 Å². The third-order valence-corrected chi connectivity index (χ3v) is 4.96. The summed E-state index contributed by atoms with van der Waals surface area (Å²) >= 11 is 0. The van der Waals surface area contributed by atoms with E-state index in [1.54, 1.807) is 6.20 Å². The number of pyridine rings is 1. The maximum Gasteiger partial charge on any atom is 0.207 e. The zero-order chi connectivity index (χ0) is 20.7. The first-order valence-corrected chi connectivity index (χ1v) is 9.91. The normalized spacial score (nSPS) is 12.7. The number of nitrogens with zero attached hydrogens (tertiary/aromatic N) is 1. The number of anilines is 1. The molecule has 1 atom stereocenters. The average Bonchev–Trinajstić information content (AvgIpc) is 2.84. The molecule has 0 aliphatic heterocycles. The summed E-state index contributed by atoms with van der Waals surface area (Å²) in [5, 5.41) is 6.92. The van der Waals surface area contributed by atoms with Crippen LogP contribution in [0.1, 0.15) is 21.5 Å². The molecular formula is C26H23N3O. The molecule has 0 amide bonds. The molecule has 0 spiro atoms. The fourth-order valence-electron chi connectivity index (χ4n) is 3.44. The molecule has 4 nitrogen and oxygen atoms in total. The van der Waals surface area contributed by atoms with Crippen LogP contribution in [-0.2, 0) is 12.2 Å². The summed E-state index contributed by atoms with van der Waals surface area (Å²) < 4.78 is 0. The lowest BCUT2D eigenvalue weighted by molar-refractivity contribution is 0.0871. The monoisotopic (exact) mass is 393 g/mol. The number of ketones is 1. The minimum atomic E-state index is -1.19. The summed E-state index contributed by atoms with van der Waals surface area (Å²) in [5.41, 5.74) is 1.33. The lowest BCUT2D eigenvalue weighted by Gasteiger charge is -2.35. The van der Waals surface area contributed by atoms with Crippen LogP contribution in [0, 0.1) is 0 Å². The third kappa shape index (κ3) is 4.29. The highest BCUT2D eigenvalue weighted by Crippen LogP contribution is 2.28. The van der Waals surface area contributed by atoms with E-state index in [4.69, 9.17) is 0 Å². The molecule has 0 saturated carbocycles. The first-order chi connectivity index (χ1) is 14.8. The molecule has 0 fully saturated rings. The van der Waals surface area contributed by atoms with Gasteiger partial charge in [-0.05, 0) is 17.7 Å². The highest BCUT2D eigenvalue weighted by Gasteiger charge is 2.40. The number of carbonyl (C=O) groups excluding carboxylic acids is 1. The van der Waals surface area contributed by atoms with E-state index in [9.17, 15) is 4.79 Å². The van der Waals surface area contributed by atoms with Gasteiger partial charge in [-0.2, -0.15) is 0 Å². The smallest absolute Gasteiger partial charge is 0.207 e. The van der Waals surface area contributed by atoms with Crippen molar-refractivity contribution < 1.29 is 4.79 Å². The van der Waals surface area contributed by atoms with Gasteiger partial charge < -0.3 is 5.32 Å². The Balaban J connectivity index is 1.82. The predicted molar refractivity (Wildman–Crippen MR) is 120 cm³/mol. The minimum absolute atomic E-state index is 0.0733. The minimum Gasteiger partial charge on any atom is -0.342 e. The van der Waals surface area contributed by atoms with Gasteiger partial charge in [0, 0.05) is 23.9 Å². The quantitative estimate of drug-likeness (QED) is 0.326. The van der Waals surface area contributed by atoms with Crippen molar-refractivity contribution in [3.8, 4) is 0 Å². The van der Waals surface area contributed by atoms with Crippen molar-refractivity contribution in [2.75, 3.05) is 5.32 Å². The van der Waals surface area contributed by atoms with E-state index >= 15 is 0 Å². The second kappa shape index (κ2) is 9.16. The van der Waals surface area contributed by atoms with Gasteiger partial charge in [0.05, 0.1) is 0 Å². The number of benzene rings is 3. The SMILES string of the molecule is O=C(c1ccccc1)[C@](NCc1ccccc1)(Nc1ccccn1)c1ccccc1. The number of rotatable bonds is 8. The Morgan fingerprint density at radius 1 is 0.733 bits per heavy atom. The first-order valence-electron chi connectivity index (χ1n) is 9.91. The van der Waals surface area contributed by atoms with Gasteiger partial charge in [-0.1, -0.05) is 97.1 Å². The molecule has 0 radical (unpaired) electrons. The zero-order valence-electron chi connectivity index (χ0n) is 16.5. The predicted octanol–water partition coefficient (Wildman–Crippen LogP) is 5.02. The summed E-state index contributed by atoms with van der Waals surface area (Å²) in [6, 6.07) is 34.7. The molecule has 2 N–H and O–H groups in total. The standard InChI is InChI=1S/C26H23N3O/c30-25(22-14-6-2-7-15-22)26(23-16-8-3-9-17-23,29-24-18-10-11-19-27-24)28-20-21-12-4-1-5-13-21/h1-19,28H,20H2,(H,27,29)/t26-/m1/s1. The van der Waals surface area contributed by atoms with Crippen LogP contribution in [0.5, 0.6) is 0 Å². The maximum absolute atomic E-state index is 13.9. The molecule has 0 saturated heterocycles. The van der Waals surface area contributed by atoms with E-state index in [0.29, 0.717) is 17.9 Å². The Labute approximate surface area is 176 Å².